The smallest absolute Gasteiger partial charge is 0.328 e. The first-order valence-corrected chi connectivity index (χ1v) is 7.36. The summed E-state index contributed by atoms with van der Waals surface area (Å²) >= 11 is 0. The van der Waals surface area contributed by atoms with Gasteiger partial charge < -0.3 is 31.1 Å². The molecular formula is C16H20N2O7. The van der Waals surface area contributed by atoms with Crippen molar-refractivity contribution in [2.24, 2.45) is 0 Å². The summed E-state index contributed by atoms with van der Waals surface area (Å²) in [6.07, 6.45) is 2.51. The molecule has 0 fully saturated rings. The van der Waals surface area contributed by atoms with Crippen molar-refractivity contribution in [1.82, 2.24) is 5.32 Å². The van der Waals surface area contributed by atoms with Crippen LogP contribution in [0.2, 0.25) is 0 Å². The fourth-order valence-corrected chi connectivity index (χ4v) is 2.54. The molecule has 0 unspecified atom stereocenters. The van der Waals surface area contributed by atoms with Crippen LogP contribution in [-0.4, -0.2) is 51.9 Å². The summed E-state index contributed by atoms with van der Waals surface area (Å²) < 4.78 is 0. The molecule has 1 aromatic carbocycles. The van der Waals surface area contributed by atoms with Crippen LogP contribution in [-0.2, 0) is 20.8 Å². The number of aliphatic hydroxyl groups is 1. The number of fused-ring (bicyclic) bond motifs is 1. The second-order valence-corrected chi connectivity index (χ2v) is 5.18. The van der Waals surface area contributed by atoms with Gasteiger partial charge in [-0.15, -0.1) is 0 Å². The number of aliphatic carboxylic acids is 2. The first-order valence-electron chi connectivity index (χ1n) is 7.36. The average molecular weight is 352 g/mol. The number of likely N-dealkylation sites (N-methyl/N-ethyl adjacent to an activating group) is 1. The molecule has 9 heteroatoms. The Labute approximate surface area is 143 Å². The molecule has 0 bridgehead atoms. The van der Waals surface area contributed by atoms with Crippen molar-refractivity contribution in [1.29, 1.82) is 0 Å². The predicted octanol–water partition coefficient (Wildman–Crippen LogP) is 0.240. The number of anilines is 1. The third-order valence-corrected chi connectivity index (χ3v) is 3.67. The van der Waals surface area contributed by atoms with E-state index < -0.39 is 18.0 Å². The van der Waals surface area contributed by atoms with Crippen molar-refractivity contribution in [2.75, 3.05) is 12.4 Å². The van der Waals surface area contributed by atoms with Crippen LogP contribution in [0.1, 0.15) is 23.7 Å². The zero-order valence-electron chi connectivity index (χ0n) is 13.5. The highest BCUT2D eigenvalue weighted by molar-refractivity contribution is 5.89. The lowest BCUT2D eigenvalue weighted by Crippen LogP contribution is -2.36. The fraction of sp³-hybridized carbons (Fsp3) is 0.312. The monoisotopic (exact) mass is 352 g/mol. The molecule has 0 radical (unpaired) electrons. The molecule has 1 amide bonds. The van der Waals surface area contributed by atoms with E-state index in [1.165, 1.54) is 6.07 Å². The van der Waals surface area contributed by atoms with E-state index in [1.807, 2.05) is 7.05 Å². The van der Waals surface area contributed by atoms with Crippen LogP contribution in [0.5, 0.6) is 5.75 Å². The van der Waals surface area contributed by atoms with E-state index in [0.29, 0.717) is 30.7 Å². The van der Waals surface area contributed by atoms with Gasteiger partial charge in [0, 0.05) is 18.2 Å². The Balaban J connectivity index is 0.000000333. The standard InChI is InChI=1S/C12H16N2O3.C4H4O4/c1-13-9-4-2-7-8(12(9)17)3-5-10(16)11(7)14-6-15;5-3(6)1-2-4(7)8/h3,5-6,9,12-13,16-17H,2,4H2,1H3,(H,14,15);1-2H,(H,5,6)(H,7,8)/b;2-1+/t9-,12-;/m1./s1. The van der Waals surface area contributed by atoms with Crippen LogP contribution >= 0.6 is 0 Å². The van der Waals surface area contributed by atoms with Crippen LogP contribution < -0.4 is 10.6 Å². The molecule has 9 nitrogen and oxygen atoms in total. The number of carboxylic acid groups (broad SMARTS) is 2. The lowest BCUT2D eigenvalue weighted by atomic mass is 9.84. The predicted molar refractivity (Wildman–Crippen MR) is 88.3 cm³/mol. The van der Waals surface area contributed by atoms with Crippen LogP contribution in [0, 0.1) is 0 Å². The molecule has 0 saturated carbocycles. The van der Waals surface area contributed by atoms with E-state index in [0.717, 1.165) is 17.5 Å². The molecule has 2 rings (SSSR count). The molecule has 6 N–H and O–H groups in total. The minimum absolute atomic E-state index is 0.0103. The van der Waals surface area contributed by atoms with Crippen LogP contribution in [0.25, 0.3) is 0 Å². The number of aliphatic hydroxyl groups excluding tert-OH is 1. The largest absolute Gasteiger partial charge is 0.506 e. The lowest BCUT2D eigenvalue weighted by molar-refractivity contribution is -0.134. The summed E-state index contributed by atoms with van der Waals surface area (Å²) in [5, 5.41) is 41.0. The zero-order valence-corrected chi connectivity index (χ0v) is 13.5. The second kappa shape index (κ2) is 9.40. The van der Waals surface area contributed by atoms with Crippen molar-refractivity contribution < 1.29 is 34.8 Å². The van der Waals surface area contributed by atoms with Crippen molar-refractivity contribution in [3.63, 3.8) is 0 Å². The number of amides is 1. The van der Waals surface area contributed by atoms with Gasteiger partial charge in [0.15, 0.2) is 0 Å². The molecule has 0 saturated heterocycles. The number of aromatic hydroxyl groups is 1. The average Bonchev–Trinajstić information content (AvgIpc) is 2.56. The van der Waals surface area contributed by atoms with Crippen molar-refractivity contribution in [2.45, 2.75) is 25.0 Å². The number of phenolic OH excluding ortho intramolecular Hbond substituents is 1. The van der Waals surface area contributed by atoms with Gasteiger partial charge in [0.25, 0.3) is 0 Å². The molecule has 0 heterocycles. The van der Waals surface area contributed by atoms with Crippen molar-refractivity contribution in [3.05, 3.63) is 35.4 Å². The minimum atomic E-state index is -1.26. The maximum absolute atomic E-state index is 10.5. The van der Waals surface area contributed by atoms with Crippen LogP contribution in [0.15, 0.2) is 24.3 Å². The number of benzene rings is 1. The highest BCUT2D eigenvalue weighted by Crippen LogP contribution is 2.38. The number of hydrogen-bond acceptors (Lipinski definition) is 6. The number of hydrogen-bond donors (Lipinski definition) is 6. The van der Waals surface area contributed by atoms with Gasteiger partial charge in [0.1, 0.15) is 5.75 Å². The molecule has 0 aromatic heterocycles. The van der Waals surface area contributed by atoms with Crippen LogP contribution in [0.4, 0.5) is 5.69 Å². The summed E-state index contributed by atoms with van der Waals surface area (Å²) in [5.74, 6) is -2.48. The van der Waals surface area contributed by atoms with Gasteiger partial charge in [-0.3, -0.25) is 4.79 Å². The third kappa shape index (κ3) is 5.59. The van der Waals surface area contributed by atoms with E-state index in [4.69, 9.17) is 10.2 Å². The van der Waals surface area contributed by atoms with Gasteiger partial charge in [-0.2, -0.15) is 0 Å². The minimum Gasteiger partial charge on any atom is -0.506 e. The van der Waals surface area contributed by atoms with E-state index in [9.17, 15) is 24.6 Å². The maximum Gasteiger partial charge on any atom is 0.328 e. The van der Waals surface area contributed by atoms with Gasteiger partial charge in [-0.1, -0.05) is 6.07 Å². The molecule has 1 aliphatic carbocycles. The van der Waals surface area contributed by atoms with Gasteiger partial charge in [0.05, 0.1) is 11.8 Å². The van der Waals surface area contributed by atoms with Gasteiger partial charge >= 0.3 is 11.9 Å². The van der Waals surface area contributed by atoms with Gasteiger partial charge in [-0.05, 0) is 37.1 Å². The Morgan fingerprint density at radius 1 is 1.20 bits per heavy atom. The molecular weight excluding hydrogens is 332 g/mol. The summed E-state index contributed by atoms with van der Waals surface area (Å²) in [5.41, 5.74) is 1.99. The Morgan fingerprint density at radius 2 is 1.80 bits per heavy atom. The second-order valence-electron chi connectivity index (χ2n) is 5.18. The molecule has 25 heavy (non-hydrogen) atoms. The van der Waals surface area contributed by atoms with Crippen molar-refractivity contribution in [3.8, 4) is 5.75 Å². The van der Waals surface area contributed by atoms with E-state index in [-0.39, 0.29) is 11.8 Å². The van der Waals surface area contributed by atoms with E-state index in [2.05, 4.69) is 10.6 Å². The van der Waals surface area contributed by atoms with E-state index >= 15 is 0 Å². The Kier molecular flexibility index (Phi) is 7.57. The summed E-state index contributed by atoms with van der Waals surface area (Å²) in [4.78, 5) is 29.6. The number of carbonyl (C=O) groups is 3. The Morgan fingerprint density at radius 3 is 2.28 bits per heavy atom. The number of carboxylic acids is 2. The molecule has 2 atom stereocenters. The molecule has 0 aliphatic heterocycles. The number of nitrogens with one attached hydrogen (secondary N) is 2. The summed E-state index contributed by atoms with van der Waals surface area (Å²) in [6.45, 7) is 0. The Bertz CT molecular complexity index is 657. The summed E-state index contributed by atoms with van der Waals surface area (Å²) in [7, 11) is 1.81. The van der Waals surface area contributed by atoms with Crippen molar-refractivity contribution >= 4 is 24.0 Å². The summed E-state index contributed by atoms with van der Waals surface area (Å²) in [6, 6.07) is 3.21. The number of phenols is 1. The first-order chi connectivity index (χ1) is 11.8. The topological polar surface area (TPSA) is 156 Å². The lowest BCUT2D eigenvalue weighted by Gasteiger charge is -2.31. The first kappa shape index (κ1) is 20.1. The highest BCUT2D eigenvalue weighted by atomic mass is 16.4. The Hall–Kier alpha value is -2.91. The fourth-order valence-electron chi connectivity index (χ4n) is 2.54. The number of carbonyl (C=O) groups excluding carboxylic acids is 1. The number of rotatable bonds is 5. The highest BCUT2D eigenvalue weighted by Gasteiger charge is 2.29. The normalized spacial score (nSPS) is 18.6. The molecule has 0 spiro atoms. The van der Waals surface area contributed by atoms with Crippen LogP contribution in [0.3, 0.4) is 0 Å². The molecule has 1 aliphatic rings. The quantitative estimate of drug-likeness (QED) is 0.250. The van der Waals surface area contributed by atoms with Gasteiger partial charge in [-0.25, -0.2) is 9.59 Å². The maximum atomic E-state index is 10.5. The third-order valence-electron chi connectivity index (χ3n) is 3.67. The SMILES string of the molecule is CN[C@@H]1CCc2c(ccc(O)c2NC=O)[C@H]1O.O=C(O)/C=C/C(=O)O. The molecule has 136 valence electrons. The molecule has 1 aromatic rings. The van der Waals surface area contributed by atoms with E-state index in [1.54, 1.807) is 6.07 Å². The van der Waals surface area contributed by atoms with Gasteiger partial charge in [0.2, 0.25) is 6.41 Å². The zero-order chi connectivity index (χ0) is 19.0.